The second-order valence-corrected chi connectivity index (χ2v) is 5.65. The number of ether oxygens (including phenoxy) is 2. The zero-order valence-corrected chi connectivity index (χ0v) is 15.1. The number of nitrogens with zero attached hydrogens (tertiary/aromatic N) is 3. The van der Waals surface area contributed by atoms with Crippen molar-refractivity contribution in [3.8, 4) is 23.3 Å². The summed E-state index contributed by atoms with van der Waals surface area (Å²) in [6.07, 6.45) is 1.45. The minimum absolute atomic E-state index is 0.0664. The third kappa shape index (κ3) is 4.57. The summed E-state index contributed by atoms with van der Waals surface area (Å²) < 4.78 is 10.8. The van der Waals surface area contributed by atoms with E-state index in [1.54, 1.807) is 6.07 Å². The Labute approximate surface area is 163 Å². The number of hydrogen-bond acceptors (Lipinski definition) is 8. The predicted molar refractivity (Wildman–Crippen MR) is 103 cm³/mol. The van der Waals surface area contributed by atoms with Gasteiger partial charge in [-0.3, -0.25) is 20.2 Å². The number of rotatable bonds is 7. The SMILES string of the molecule is COc1cc(C=C(C#N)C(N)=S)ccc1Oc1ccc([N+](=O)[O-])cc1[N+](=O)[O-]. The predicted octanol–water partition coefficient (Wildman–Crippen LogP) is 3.50. The van der Waals surface area contributed by atoms with Crippen LogP contribution in [0, 0.1) is 31.6 Å². The van der Waals surface area contributed by atoms with Crippen molar-refractivity contribution >= 4 is 34.7 Å². The first-order valence-electron chi connectivity index (χ1n) is 7.47. The maximum atomic E-state index is 11.2. The molecule has 28 heavy (non-hydrogen) atoms. The number of nitro benzene ring substituents is 2. The molecular formula is C17H12N4O6S. The fraction of sp³-hybridized carbons (Fsp3) is 0.0588. The van der Waals surface area contributed by atoms with Gasteiger partial charge in [-0.25, -0.2) is 0 Å². The van der Waals surface area contributed by atoms with Crippen molar-refractivity contribution in [1.82, 2.24) is 0 Å². The van der Waals surface area contributed by atoms with Gasteiger partial charge in [0.2, 0.25) is 5.75 Å². The van der Waals surface area contributed by atoms with E-state index in [-0.39, 0.29) is 27.8 Å². The number of benzene rings is 2. The van der Waals surface area contributed by atoms with Crippen LogP contribution in [-0.4, -0.2) is 21.9 Å². The van der Waals surface area contributed by atoms with Crippen molar-refractivity contribution in [2.24, 2.45) is 5.73 Å². The van der Waals surface area contributed by atoms with E-state index in [1.807, 2.05) is 6.07 Å². The summed E-state index contributed by atoms with van der Waals surface area (Å²) in [5.74, 6) is 0.144. The highest BCUT2D eigenvalue weighted by Gasteiger charge is 2.22. The smallest absolute Gasteiger partial charge is 0.318 e. The first-order valence-corrected chi connectivity index (χ1v) is 7.88. The molecule has 0 aliphatic rings. The standard InChI is InChI=1S/C17H12N4O6S/c1-26-16-7-10(6-11(9-18)17(19)28)2-4-15(16)27-14-5-3-12(20(22)23)8-13(14)21(24)25/h2-8H,1H3,(H2,19,28). The lowest BCUT2D eigenvalue weighted by Crippen LogP contribution is -2.09. The molecule has 142 valence electrons. The molecule has 0 amide bonds. The zero-order chi connectivity index (χ0) is 20.8. The Morgan fingerprint density at radius 3 is 2.36 bits per heavy atom. The van der Waals surface area contributed by atoms with Crippen molar-refractivity contribution in [2.45, 2.75) is 0 Å². The van der Waals surface area contributed by atoms with Crippen LogP contribution in [0.5, 0.6) is 17.2 Å². The van der Waals surface area contributed by atoms with E-state index in [1.165, 1.54) is 25.3 Å². The highest BCUT2D eigenvalue weighted by atomic mass is 32.1. The Hall–Kier alpha value is -4.04. The van der Waals surface area contributed by atoms with Gasteiger partial charge >= 0.3 is 5.69 Å². The normalized spacial score (nSPS) is 10.6. The Kier molecular flexibility index (Phi) is 6.20. The molecule has 0 fully saturated rings. The summed E-state index contributed by atoms with van der Waals surface area (Å²) in [6, 6.07) is 9.43. The summed E-state index contributed by atoms with van der Waals surface area (Å²) in [7, 11) is 1.36. The molecule has 0 atom stereocenters. The largest absolute Gasteiger partial charge is 0.493 e. The van der Waals surface area contributed by atoms with Gasteiger partial charge in [0, 0.05) is 6.07 Å². The van der Waals surface area contributed by atoms with Crippen molar-refractivity contribution in [1.29, 1.82) is 5.26 Å². The fourth-order valence-corrected chi connectivity index (χ4v) is 2.25. The molecule has 2 N–H and O–H groups in total. The molecule has 11 heteroatoms. The first kappa shape index (κ1) is 20.3. The molecule has 2 rings (SSSR count). The molecule has 0 saturated carbocycles. The number of hydrogen-bond donors (Lipinski definition) is 1. The van der Waals surface area contributed by atoms with Gasteiger partial charge in [-0.2, -0.15) is 5.26 Å². The Balaban J connectivity index is 2.45. The summed E-state index contributed by atoms with van der Waals surface area (Å²) in [6.45, 7) is 0. The number of nitro groups is 2. The molecule has 0 spiro atoms. The number of non-ortho nitro benzene ring substituents is 1. The first-order chi connectivity index (χ1) is 13.3. The van der Waals surface area contributed by atoms with Gasteiger partial charge in [0.1, 0.15) is 11.1 Å². The van der Waals surface area contributed by atoms with Crippen LogP contribution in [0.15, 0.2) is 42.0 Å². The van der Waals surface area contributed by atoms with Gasteiger partial charge in [0.05, 0.1) is 28.6 Å². The molecule has 10 nitrogen and oxygen atoms in total. The van der Waals surface area contributed by atoms with Crippen LogP contribution < -0.4 is 15.2 Å². The molecule has 0 unspecified atom stereocenters. The van der Waals surface area contributed by atoms with Crippen LogP contribution in [-0.2, 0) is 0 Å². The second kappa shape index (κ2) is 8.56. The Morgan fingerprint density at radius 1 is 1.14 bits per heavy atom. The molecular weight excluding hydrogens is 388 g/mol. The molecule has 0 heterocycles. The van der Waals surface area contributed by atoms with Crippen LogP contribution >= 0.6 is 12.2 Å². The Morgan fingerprint density at radius 2 is 1.82 bits per heavy atom. The van der Waals surface area contributed by atoms with Gasteiger partial charge in [0.25, 0.3) is 5.69 Å². The highest BCUT2D eigenvalue weighted by molar-refractivity contribution is 7.80. The maximum Gasteiger partial charge on any atom is 0.318 e. The third-order valence-electron chi connectivity index (χ3n) is 3.45. The molecule has 0 bridgehead atoms. The van der Waals surface area contributed by atoms with E-state index >= 15 is 0 Å². The minimum Gasteiger partial charge on any atom is -0.493 e. The van der Waals surface area contributed by atoms with Gasteiger partial charge < -0.3 is 15.2 Å². The van der Waals surface area contributed by atoms with Crippen molar-refractivity contribution in [3.63, 3.8) is 0 Å². The topological polar surface area (TPSA) is 155 Å². The second-order valence-electron chi connectivity index (χ2n) is 5.21. The third-order valence-corrected chi connectivity index (χ3v) is 3.67. The molecule has 2 aromatic rings. The summed E-state index contributed by atoms with van der Waals surface area (Å²) in [4.78, 5) is 20.4. The molecule has 2 aromatic carbocycles. The monoisotopic (exact) mass is 400 g/mol. The highest BCUT2D eigenvalue weighted by Crippen LogP contribution is 2.38. The van der Waals surface area contributed by atoms with Crippen molar-refractivity contribution < 1.29 is 19.3 Å². The lowest BCUT2D eigenvalue weighted by molar-refractivity contribution is -0.394. The van der Waals surface area contributed by atoms with Gasteiger partial charge in [-0.15, -0.1) is 0 Å². The van der Waals surface area contributed by atoms with Crippen LogP contribution in [0.4, 0.5) is 11.4 Å². The zero-order valence-electron chi connectivity index (χ0n) is 14.3. The minimum atomic E-state index is -0.784. The van der Waals surface area contributed by atoms with E-state index < -0.39 is 21.2 Å². The Bertz CT molecular complexity index is 1040. The lowest BCUT2D eigenvalue weighted by atomic mass is 10.1. The average Bonchev–Trinajstić information content (AvgIpc) is 2.66. The maximum absolute atomic E-state index is 11.2. The lowest BCUT2D eigenvalue weighted by Gasteiger charge is -2.11. The number of methoxy groups -OCH3 is 1. The average molecular weight is 400 g/mol. The van der Waals surface area contributed by atoms with E-state index in [2.05, 4.69) is 0 Å². The van der Waals surface area contributed by atoms with Crippen LogP contribution in [0.1, 0.15) is 5.56 Å². The molecule has 0 aliphatic carbocycles. The molecule has 0 aliphatic heterocycles. The summed E-state index contributed by atoms with van der Waals surface area (Å²) in [5.41, 5.74) is 5.07. The van der Waals surface area contributed by atoms with E-state index in [9.17, 15) is 20.2 Å². The number of nitriles is 1. The molecule has 0 aromatic heterocycles. The van der Waals surface area contributed by atoms with Crippen molar-refractivity contribution in [3.05, 3.63) is 67.8 Å². The van der Waals surface area contributed by atoms with Crippen LogP contribution in [0.2, 0.25) is 0 Å². The molecule has 0 radical (unpaired) electrons. The van der Waals surface area contributed by atoms with Gasteiger partial charge in [-0.1, -0.05) is 18.3 Å². The summed E-state index contributed by atoms with van der Waals surface area (Å²) in [5, 5.41) is 31.1. The van der Waals surface area contributed by atoms with Gasteiger partial charge in [-0.05, 0) is 29.8 Å². The number of nitrogens with two attached hydrogens (primary N) is 1. The van der Waals surface area contributed by atoms with Gasteiger partial charge in [0.15, 0.2) is 11.5 Å². The quantitative estimate of drug-likeness (QED) is 0.242. The molecule has 0 saturated heterocycles. The van der Waals surface area contributed by atoms with E-state index in [0.29, 0.717) is 5.56 Å². The van der Waals surface area contributed by atoms with Crippen LogP contribution in [0.3, 0.4) is 0 Å². The summed E-state index contributed by atoms with van der Waals surface area (Å²) >= 11 is 4.78. The van der Waals surface area contributed by atoms with E-state index in [4.69, 9.17) is 32.7 Å². The van der Waals surface area contributed by atoms with E-state index in [0.717, 1.165) is 18.2 Å². The van der Waals surface area contributed by atoms with Crippen molar-refractivity contribution in [2.75, 3.05) is 7.11 Å². The van der Waals surface area contributed by atoms with Crippen LogP contribution in [0.25, 0.3) is 6.08 Å². The number of thiocarbonyl (C=S) groups is 1. The fourth-order valence-electron chi connectivity index (χ4n) is 2.15.